The van der Waals surface area contributed by atoms with Crippen molar-refractivity contribution in [2.45, 2.75) is 19.8 Å². The van der Waals surface area contributed by atoms with Gasteiger partial charge in [0.15, 0.2) is 11.6 Å². The number of ether oxygens (including phenoxy) is 1. The van der Waals surface area contributed by atoms with Crippen LogP contribution in [0.5, 0.6) is 11.6 Å². The maximum absolute atomic E-state index is 6.36. The molecule has 134 valence electrons. The molecule has 0 amide bonds. The third-order valence-corrected chi connectivity index (χ3v) is 5.36. The maximum Gasteiger partial charge on any atom is 0.248 e. The fourth-order valence-electron chi connectivity index (χ4n) is 3.38. The van der Waals surface area contributed by atoms with E-state index in [-0.39, 0.29) is 0 Å². The predicted octanol–water partition coefficient (Wildman–Crippen LogP) is 4.40. The highest BCUT2D eigenvalue weighted by Gasteiger charge is 2.22. The second-order valence-corrected chi connectivity index (χ2v) is 7.51. The van der Waals surface area contributed by atoms with Crippen LogP contribution in [0.3, 0.4) is 0 Å². The van der Waals surface area contributed by atoms with Crippen LogP contribution in [-0.4, -0.2) is 28.0 Å². The molecule has 26 heavy (non-hydrogen) atoms. The zero-order chi connectivity index (χ0) is 18.1. The summed E-state index contributed by atoms with van der Waals surface area (Å²) < 4.78 is 7.01. The highest BCUT2D eigenvalue weighted by molar-refractivity contribution is 9.10. The van der Waals surface area contributed by atoms with E-state index in [1.54, 1.807) is 6.20 Å². The van der Waals surface area contributed by atoms with Crippen LogP contribution in [0, 0.1) is 5.92 Å². The minimum atomic E-state index is 0.363. The first-order valence-corrected chi connectivity index (χ1v) is 9.49. The first-order chi connectivity index (χ1) is 12.6. The van der Waals surface area contributed by atoms with Gasteiger partial charge in [-0.1, -0.05) is 28.9 Å². The number of nitrogen functional groups attached to an aromatic ring is 1. The minimum Gasteiger partial charge on any atom is -0.435 e. The van der Waals surface area contributed by atoms with Crippen LogP contribution >= 0.6 is 15.9 Å². The standard InChI is InChI=1S/C19H20BrN5O/c1-12-4-3-9-25(10-12)18-16(21)19(24-11-23-18)26-15-7-6-14(20)13-5-2-8-22-17(13)15/h2,5-8,11-12H,3-4,9-10,21H2,1H3. The molecule has 0 spiro atoms. The van der Waals surface area contributed by atoms with E-state index in [1.807, 2.05) is 24.3 Å². The normalized spacial score (nSPS) is 17.5. The molecular formula is C19H20BrN5O. The van der Waals surface area contributed by atoms with Crippen molar-refractivity contribution in [3.05, 3.63) is 41.3 Å². The molecule has 1 saturated heterocycles. The summed E-state index contributed by atoms with van der Waals surface area (Å²) in [6.07, 6.45) is 5.63. The smallest absolute Gasteiger partial charge is 0.248 e. The Morgan fingerprint density at radius 1 is 1.23 bits per heavy atom. The molecule has 3 heterocycles. The molecule has 0 radical (unpaired) electrons. The van der Waals surface area contributed by atoms with E-state index in [2.05, 4.69) is 42.7 Å². The fraction of sp³-hybridized carbons (Fsp3) is 0.316. The Balaban J connectivity index is 1.70. The van der Waals surface area contributed by atoms with E-state index in [9.17, 15) is 0 Å². The first-order valence-electron chi connectivity index (χ1n) is 8.70. The number of hydrogen-bond donors (Lipinski definition) is 1. The number of piperidine rings is 1. The second kappa shape index (κ2) is 7.07. The molecule has 1 aromatic carbocycles. The Morgan fingerprint density at radius 3 is 2.96 bits per heavy atom. The van der Waals surface area contributed by atoms with Gasteiger partial charge in [0, 0.05) is 29.1 Å². The third kappa shape index (κ3) is 3.19. The molecule has 2 N–H and O–H groups in total. The average Bonchev–Trinajstić information content (AvgIpc) is 2.66. The van der Waals surface area contributed by atoms with Crippen LogP contribution in [0.25, 0.3) is 10.9 Å². The van der Waals surface area contributed by atoms with Crippen molar-refractivity contribution in [3.63, 3.8) is 0 Å². The fourth-order valence-corrected chi connectivity index (χ4v) is 3.84. The van der Waals surface area contributed by atoms with Crippen molar-refractivity contribution in [2.24, 2.45) is 5.92 Å². The molecule has 0 saturated carbocycles. The van der Waals surface area contributed by atoms with E-state index < -0.39 is 0 Å². The molecule has 0 aliphatic carbocycles. The van der Waals surface area contributed by atoms with Crippen molar-refractivity contribution < 1.29 is 4.74 Å². The predicted molar refractivity (Wildman–Crippen MR) is 107 cm³/mol. The third-order valence-electron chi connectivity index (χ3n) is 4.67. The van der Waals surface area contributed by atoms with Gasteiger partial charge in [-0.15, -0.1) is 0 Å². The zero-order valence-corrected chi connectivity index (χ0v) is 16.1. The van der Waals surface area contributed by atoms with Gasteiger partial charge in [-0.05, 0) is 37.0 Å². The Hall–Kier alpha value is -2.41. The summed E-state index contributed by atoms with van der Waals surface area (Å²) in [6, 6.07) is 7.68. The highest BCUT2D eigenvalue weighted by Crippen LogP contribution is 2.36. The van der Waals surface area contributed by atoms with E-state index in [1.165, 1.54) is 12.7 Å². The Bertz CT molecular complexity index is 948. The number of halogens is 1. The molecule has 1 atom stereocenters. The van der Waals surface area contributed by atoms with Crippen LogP contribution in [0.2, 0.25) is 0 Å². The number of pyridine rings is 1. The topological polar surface area (TPSA) is 77.2 Å². The largest absolute Gasteiger partial charge is 0.435 e. The Morgan fingerprint density at radius 2 is 2.12 bits per heavy atom. The van der Waals surface area contributed by atoms with E-state index >= 15 is 0 Å². The summed E-state index contributed by atoms with van der Waals surface area (Å²) in [5.74, 6) is 2.35. The van der Waals surface area contributed by atoms with Gasteiger partial charge >= 0.3 is 0 Å². The molecule has 2 aromatic heterocycles. The van der Waals surface area contributed by atoms with Gasteiger partial charge in [0.25, 0.3) is 0 Å². The van der Waals surface area contributed by atoms with Crippen LogP contribution in [0.1, 0.15) is 19.8 Å². The molecule has 0 bridgehead atoms. The van der Waals surface area contributed by atoms with Gasteiger partial charge in [-0.2, -0.15) is 4.98 Å². The maximum atomic E-state index is 6.36. The number of anilines is 2. The quantitative estimate of drug-likeness (QED) is 0.685. The molecule has 3 aromatic rings. The number of nitrogens with two attached hydrogens (primary N) is 1. The summed E-state index contributed by atoms with van der Waals surface area (Å²) >= 11 is 3.55. The molecule has 1 aliphatic rings. The van der Waals surface area contributed by atoms with E-state index in [0.717, 1.165) is 40.7 Å². The van der Waals surface area contributed by atoms with Crippen molar-refractivity contribution in [1.82, 2.24) is 15.0 Å². The lowest BCUT2D eigenvalue weighted by Gasteiger charge is -2.32. The lowest BCUT2D eigenvalue weighted by atomic mass is 10.0. The van der Waals surface area contributed by atoms with Crippen molar-refractivity contribution in [2.75, 3.05) is 23.7 Å². The molecule has 1 fully saturated rings. The van der Waals surface area contributed by atoms with Gasteiger partial charge in [0.05, 0.1) is 0 Å². The lowest BCUT2D eigenvalue weighted by molar-refractivity contribution is 0.441. The number of aromatic nitrogens is 3. The molecular weight excluding hydrogens is 394 g/mol. The summed E-state index contributed by atoms with van der Waals surface area (Å²) in [5.41, 5.74) is 7.58. The average molecular weight is 414 g/mol. The van der Waals surface area contributed by atoms with E-state index in [4.69, 9.17) is 10.5 Å². The first kappa shape index (κ1) is 17.0. The van der Waals surface area contributed by atoms with Crippen LogP contribution in [-0.2, 0) is 0 Å². The molecule has 6 nitrogen and oxygen atoms in total. The van der Waals surface area contributed by atoms with Crippen molar-refractivity contribution in [3.8, 4) is 11.6 Å². The number of nitrogens with zero attached hydrogens (tertiary/aromatic N) is 4. The summed E-state index contributed by atoms with van der Waals surface area (Å²) in [4.78, 5) is 15.3. The van der Waals surface area contributed by atoms with Crippen LogP contribution in [0.15, 0.2) is 41.3 Å². The highest BCUT2D eigenvalue weighted by atomic mass is 79.9. The van der Waals surface area contributed by atoms with Gasteiger partial charge in [0.1, 0.15) is 17.5 Å². The second-order valence-electron chi connectivity index (χ2n) is 6.66. The SMILES string of the molecule is CC1CCCN(c2ncnc(Oc3ccc(Br)c4cccnc34)c2N)C1. The van der Waals surface area contributed by atoms with Gasteiger partial charge in [-0.3, -0.25) is 4.98 Å². The number of fused-ring (bicyclic) bond motifs is 1. The molecule has 7 heteroatoms. The Labute approximate surface area is 160 Å². The van der Waals surface area contributed by atoms with Gasteiger partial charge in [0.2, 0.25) is 5.88 Å². The molecule has 1 unspecified atom stereocenters. The van der Waals surface area contributed by atoms with Crippen LogP contribution in [0.4, 0.5) is 11.5 Å². The zero-order valence-electron chi connectivity index (χ0n) is 14.5. The number of benzene rings is 1. The summed E-state index contributed by atoms with van der Waals surface area (Å²) in [5, 5.41) is 0.975. The van der Waals surface area contributed by atoms with E-state index in [0.29, 0.717) is 23.2 Å². The minimum absolute atomic E-state index is 0.363. The summed E-state index contributed by atoms with van der Waals surface area (Å²) in [6.45, 7) is 4.15. The molecule has 4 rings (SSSR count). The Kier molecular flexibility index (Phi) is 4.63. The summed E-state index contributed by atoms with van der Waals surface area (Å²) in [7, 11) is 0. The van der Waals surface area contributed by atoms with Crippen molar-refractivity contribution in [1.29, 1.82) is 0 Å². The number of rotatable bonds is 3. The van der Waals surface area contributed by atoms with Gasteiger partial charge in [-0.25, -0.2) is 4.98 Å². The lowest BCUT2D eigenvalue weighted by Crippen LogP contribution is -2.35. The molecule has 1 aliphatic heterocycles. The van der Waals surface area contributed by atoms with Crippen LogP contribution < -0.4 is 15.4 Å². The monoisotopic (exact) mass is 413 g/mol. The van der Waals surface area contributed by atoms with Gasteiger partial charge < -0.3 is 15.4 Å². The van der Waals surface area contributed by atoms with Crippen molar-refractivity contribution >= 4 is 38.3 Å². The number of hydrogen-bond acceptors (Lipinski definition) is 6.